The second-order valence-corrected chi connectivity index (χ2v) is 7.39. The summed E-state index contributed by atoms with van der Waals surface area (Å²) < 4.78 is 36.2. The molecule has 1 saturated heterocycles. The highest BCUT2D eigenvalue weighted by Gasteiger charge is 2.47. The van der Waals surface area contributed by atoms with E-state index in [2.05, 4.69) is 4.98 Å². The molecule has 0 radical (unpaired) electrons. The number of rotatable bonds is 4. The maximum atomic E-state index is 15.6. The SMILES string of the molecule is CCOC(=O)c1cc2ccc3ccccc3c2c(C(F)(F)C(=O)N2CCCCC2)n1. The summed E-state index contributed by atoms with van der Waals surface area (Å²) >= 11 is 0. The Morgan fingerprint density at radius 2 is 1.77 bits per heavy atom. The zero-order chi connectivity index (χ0) is 21.3. The van der Waals surface area contributed by atoms with Crippen molar-refractivity contribution in [2.24, 2.45) is 0 Å². The molecule has 4 rings (SSSR count). The molecule has 1 aromatic heterocycles. The van der Waals surface area contributed by atoms with Crippen LogP contribution in [0.4, 0.5) is 8.78 Å². The van der Waals surface area contributed by atoms with E-state index in [-0.39, 0.29) is 17.7 Å². The fourth-order valence-electron chi connectivity index (χ4n) is 3.96. The number of aromatic nitrogens is 1. The van der Waals surface area contributed by atoms with Gasteiger partial charge in [-0.05, 0) is 48.4 Å². The largest absolute Gasteiger partial charge is 0.461 e. The number of likely N-dealkylation sites (tertiary alicyclic amines) is 1. The van der Waals surface area contributed by atoms with Crippen LogP contribution in [0.25, 0.3) is 21.5 Å². The van der Waals surface area contributed by atoms with Crippen molar-refractivity contribution in [3.63, 3.8) is 0 Å². The highest BCUT2D eigenvalue weighted by molar-refractivity contribution is 6.11. The van der Waals surface area contributed by atoms with Gasteiger partial charge in [0.15, 0.2) is 0 Å². The number of fused-ring (bicyclic) bond motifs is 3. The van der Waals surface area contributed by atoms with Gasteiger partial charge in [0, 0.05) is 18.5 Å². The van der Waals surface area contributed by atoms with E-state index in [0.29, 0.717) is 36.7 Å². The Hall–Kier alpha value is -3.09. The van der Waals surface area contributed by atoms with Crippen LogP contribution in [0, 0.1) is 0 Å². The first-order valence-electron chi connectivity index (χ1n) is 10.1. The van der Waals surface area contributed by atoms with Gasteiger partial charge in [-0.15, -0.1) is 0 Å². The van der Waals surface area contributed by atoms with Crippen molar-refractivity contribution < 1.29 is 23.1 Å². The number of pyridine rings is 1. The van der Waals surface area contributed by atoms with E-state index < -0.39 is 23.5 Å². The van der Waals surface area contributed by atoms with Gasteiger partial charge in [0.2, 0.25) is 0 Å². The number of nitrogens with zero attached hydrogens (tertiary/aromatic N) is 2. The Morgan fingerprint density at radius 3 is 2.50 bits per heavy atom. The molecule has 0 spiro atoms. The summed E-state index contributed by atoms with van der Waals surface area (Å²) in [7, 11) is 0. The first kappa shape index (κ1) is 20.2. The highest BCUT2D eigenvalue weighted by Crippen LogP contribution is 2.38. The Bertz CT molecular complexity index is 1120. The van der Waals surface area contributed by atoms with Crippen LogP contribution in [-0.2, 0) is 15.5 Å². The van der Waals surface area contributed by atoms with Crippen LogP contribution in [0.3, 0.4) is 0 Å². The van der Waals surface area contributed by atoms with E-state index in [1.165, 1.54) is 11.0 Å². The predicted octanol–water partition coefficient (Wildman–Crippen LogP) is 4.67. The van der Waals surface area contributed by atoms with Gasteiger partial charge < -0.3 is 9.64 Å². The van der Waals surface area contributed by atoms with Gasteiger partial charge in [-0.2, -0.15) is 8.78 Å². The second-order valence-electron chi connectivity index (χ2n) is 7.39. The number of benzene rings is 2. The lowest BCUT2D eigenvalue weighted by Crippen LogP contribution is -2.45. The summed E-state index contributed by atoms with van der Waals surface area (Å²) in [6.45, 7) is 2.31. The van der Waals surface area contributed by atoms with E-state index in [1.54, 1.807) is 31.2 Å². The van der Waals surface area contributed by atoms with Crippen LogP contribution in [0.5, 0.6) is 0 Å². The summed E-state index contributed by atoms with van der Waals surface area (Å²) in [5, 5.41) is 1.89. The first-order valence-corrected chi connectivity index (χ1v) is 10.1. The molecule has 0 aliphatic carbocycles. The lowest BCUT2D eigenvalue weighted by atomic mass is 9.97. The third-order valence-electron chi connectivity index (χ3n) is 5.42. The fraction of sp³-hybridized carbons (Fsp3) is 0.348. The van der Waals surface area contributed by atoms with Gasteiger partial charge in [0.25, 0.3) is 5.91 Å². The second kappa shape index (κ2) is 7.97. The van der Waals surface area contributed by atoms with Crippen LogP contribution < -0.4 is 0 Å². The number of carbonyl (C=O) groups is 2. The molecule has 0 saturated carbocycles. The number of hydrogen-bond acceptors (Lipinski definition) is 4. The summed E-state index contributed by atoms with van der Waals surface area (Å²) in [6, 6.07) is 12.0. The molecule has 1 aliphatic rings. The Balaban J connectivity index is 1.95. The molecule has 2 aromatic carbocycles. The average molecular weight is 412 g/mol. The molecule has 1 fully saturated rings. The standard InChI is InChI=1S/C23H22F2N2O3/c1-2-30-21(28)18-14-16-11-10-15-8-4-5-9-17(15)19(16)20(26-18)23(24,25)22(29)27-12-6-3-7-13-27/h4-5,8-11,14H,2-3,6-7,12-13H2,1H3. The number of hydrogen-bond donors (Lipinski definition) is 0. The van der Waals surface area contributed by atoms with Gasteiger partial charge in [-0.3, -0.25) is 4.79 Å². The van der Waals surface area contributed by atoms with Gasteiger partial charge in [0.1, 0.15) is 11.4 Å². The van der Waals surface area contributed by atoms with E-state index in [1.807, 2.05) is 12.1 Å². The van der Waals surface area contributed by atoms with Gasteiger partial charge >= 0.3 is 11.9 Å². The zero-order valence-corrected chi connectivity index (χ0v) is 16.7. The summed E-state index contributed by atoms with van der Waals surface area (Å²) in [4.78, 5) is 30.3. The fourth-order valence-corrected chi connectivity index (χ4v) is 3.96. The van der Waals surface area contributed by atoms with Crippen LogP contribution in [0.15, 0.2) is 42.5 Å². The molecule has 1 amide bonds. The molecule has 156 valence electrons. The van der Waals surface area contributed by atoms with Gasteiger partial charge in [0.05, 0.1) is 6.61 Å². The summed E-state index contributed by atoms with van der Waals surface area (Å²) in [6.07, 6.45) is 2.31. The monoisotopic (exact) mass is 412 g/mol. The molecule has 1 aliphatic heterocycles. The van der Waals surface area contributed by atoms with Gasteiger partial charge in [-0.25, -0.2) is 9.78 Å². The van der Waals surface area contributed by atoms with Crippen LogP contribution >= 0.6 is 0 Å². The normalized spacial score (nSPS) is 14.8. The van der Waals surface area contributed by atoms with E-state index in [0.717, 1.165) is 11.8 Å². The zero-order valence-electron chi connectivity index (χ0n) is 16.7. The molecule has 0 N–H and O–H groups in total. The van der Waals surface area contributed by atoms with Crippen molar-refractivity contribution in [1.82, 2.24) is 9.88 Å². The average Bonchev–Trinajstić information content (AvgIpc) is 2.78. The minimum atomic E-state index is -3.87. The molecule has 0 unspecified atom stereocenters. The number of ether oxygens (including phenoxy) is 1. The number of esters is 1. The summed E-state index contributed by atoms with van der Waals surface area (Å²) in [5.74, 6) is -5.94. The predicted molar refractivity (Wildman–Crippen MR) is 110 cm³/mol. The molecular formula is C23H22F2N2O3. The third kappa shape index (κ3) is 3.49. The molecule has 0 bridgehead atoms. The van der Waals surface area contributed by atoms with Crippen LogP contribution in [0.2, 0.25) is 0 Å². The molecule has 3 aromatic rings. The number of alkyl halides is 2. The highest BCUT2D eigenvalue weighted by atomic mass is 19.3. The maximum absolute atomic E-state index is 15.6. The van der Waals surface area contributed by atoms with E-state index >= 15 is 8.78 Å². The number of halogens is 2. The Morgan fingerprint density at radius 1 is 1.07 bits per heavy atom. The molecule has 2 heterocycles. The minimum Gasteiger partial charge on any atom is -0.461 e. The molecule has 30 heavy (non-hydrogen) atoms. The van der Waals surface area contributed by atoms with E-state index in [4.69, 9.17) is 4.74 Å². The minimum absolute atomic E-state index is 0.0920. The topological polar surface area (TPSA) is 59.5 Å². The van der Waals surface area contributed by atoms with Crippen molar-refractivity contribution in [2.75, 3.05) is 19.7 Å². The molecular weight excluding hydrogens is 390 g/mol. The quantitative estimate of drug-likeness (QED) is 0.462. The smallest absolute Gasteiger partial charge is 0.366 e. The summed E-state index contributed by atoms with van der Waals surface area (Å²) in [5.41, 5.74) is -0.934. The van der Waals surface area contributed by atoms with Crippen molar-refractivity contribution in [3.05, 3.63) is 53.9 Å². The number of piperidine rings is 1. The maximum Gasteiger partial charge on any atom is 0.366 e. The Labute approximate surface area is 172 Å². The Kier molecular flexibility index (Phi) is 5.37. The van der Waals surface area contributed by atoms with Gasteiger partial charge in [-0.1, -0.05) is 36.4 Å². The molecule has 5 nitrogen and oxygen atoms in total. The number of amides is 1. The van der Waals surface area contributed by atoms with Crippen molar-refractivity contribution in [3.8, 4) is 0 Å². The third-order valence-corrected chi connectivity index (χ3v) is 5.42. The van der Waals surface area contributed by atoms with Crippen LogP contribution in [0.1, 0.15) is 42.4 Å². The van der Waals surface area contributed by atoms with Crippen LogP contribution in [-0.4, -0.2) is 41.5 Å². The number of carbonyl (C=O) groups excluding carboxylic acids is 2. The lowest BCUT2D eigenvalue weighted by Gasteiger charge is -2.30. The molecule has 7 heteroatoms. The van der Waals surface area contributed by atoms with Crippen molar-refractivity contribution in [2.45, 2.75) is 32.1 Å². The van der Waals surface area contributed by atoms with Crippen molar-refractivity contribution in [1.29, 1.82) is 0 Å². The lowest BCUT2D eigenvalue weighted by molar-refractivity contribution is -0.160. The first-order chi connectivity index (χ1) is 14.4. The van der Waals surface area contributed by atoms with Crippen molar-refractivity contribution >= 4 is 33.4 Å². The molecule has 0 atom stereocenters. The van der Waals surface area contributed by atoms with E-state index in [9.17, 15) is 9.59 Å².